The molecule has 0 aromatic carbocycles. The number of aromatic nitrogens is 2. The summed E-state index contributed by atoms with van der Waals surface area (Å²) in [6.07, 6.45) is -0.660. The van der Waals surface area contributed by atoms with Crippen molar-refractivity contribution < 1.29 is 13.2 Å². The van der Waals surface area contributed by atoms with E-state index >= 15 is 0 Å². The third-order valence-corrected chi connectivity index (χ3v) is 2.30. The fourth-order valence-electron chi connectivity index (χ4n) is 1.26. The van der Waals surface area contributed by atoms with Crippen molar-refractivity contribution in [1.82, 2.24) is 9.55 Å². The number of nitrogens with zero attached hydrogens (tertiary/aromatic N) is 2. The Labute approximate surface area is 94.3 Å². The maximum absolute atomic E-state index is 12.4. The lowest BCUT2D eigenvalue weighted by Crippen LogP contribution is -2.03. The minimum Gasteiger partial charge on any atom is -0.307 e. The van der Waals surface area contributed by atoms with Crippen LogP contribution in [0.15, 0.2) is 36.8 Å². The maximum atomic E-state index is 12.4. The van der Waals surface area contributed by atoms with Crippen LogP contribution in [-0.2, 0) is 6.18 Å². The topological polar surface area (TPSA) is 17.8 Å². The second-order valence-corrected chi connectivity index (χ2v) is 3.52. The molecule has 0 fully saturated rings. The van der Waals surface area contributed by atoms with Crippen LogP contribution in [0.4, 0.5) is 13.2 Å². The highest BCUT2D eigenvalue weighted by Gasteiger charge is 2.31. The van der Waals surface area contributed by atoms with E-state index in [2.05, 4.69) is 4.98 Å². The Kier molecular flexibility index (Phi) is 2.63. The van der Waals surface area contributed by atoms with Crippen LogP contribution in [0.25, 0.3) is 5.82 Å². The Morgan fingerprint density at radius 3 is 2.56 bits per heavy atom. The van der Waals surface area contributed by atoms with Crippen LogP contribution in [0.3, 0.4) is 0 Å². The zero-order chi connectivity index (χ0) is 11.8. The standard InChI is InChI=1S/C10H6ClF3N2/c11-8-2-1-4-15-9(8)16-5-3-7(6-16)10(12,13)14/h1-6H. The van der Waals surface area contributed by atoms with Gasteiger partial charge in [0.25, 0.3) is 0 Å². The summed E-state index contributed by atoms with van der Waals surface area (Å²) < 4.78 is 38.3. The Balaban J connectivity index is 2.44. The molecular formula is C10H6ClF3N2. The van der Waals surface area contributed by atoms with Gasteiger partial charge in [-0.05, 0) is 18.2 Å². The number of halogens is 4. The van der Waals surface area contributed by atoms with Gasteiger partial charge in [-0.2, -0.15) is 13.2 Å². The first kappa shape index (κ1) is 11.0. The first-order valence-electron chi connectivity index (χ1n) is 4.34. The van der Waals surface area contributed by atoms with Gasteiger partial charge in [0.2, 0.25) is 0 Å². The summed E-state index contributed by atoms with van der Waals surface area (Å²) in [5, 5.41) is 0.298. The average Bonchev–Trinajstić information content (AvgIpc) is 2.66. The zero-order valence-corrected chi connectivity index (χ0v) is 8.63. The van der Waals surface area contributed by atoms with Crippen LogP contribution in [0.1, 0.15) is 5.56 Å². The third kappa shape index (κ3) is 2.04. The summed E-state index contributed by atoms with van der Waals surface area (Å²) in [5.74, 6) is 0.277. The average molecular weight is 247 g/mol. The fourth-order valence-corrected chi connectivity index (χ4v) is 1.48. The Morgan fingerprint density at radius 1 is 1.25 bits per heavy atom. The molecule has 2 rings (SSSR count). The van der Waals surface area contributed by atoms with Crippen LogP contribution in [0.5, 0.6) is 0 Å². The van der Waals surface area contributed by atoms with E-state index in [1.165, 1.54) is 17.0 Å². The molecule has 6 heteroatoms. The molecule has 0 aliphatic carbocycles. The van der Waals surface area contributed by atoms with Gasteiger partial charge in [0.1, 0.15) is 0 Å². The van der Waals surface area contributed by atoms with E-state index in [1.807, 2.05) is 0 Å². The number of pyridine rings is 1. The quantitative estimate of drug-likeness (QED) is 0.752. The molecule has 2 aromatic rings. The third-order valence-electron chi connectivity index (χ3n) is 2.00. The van der Waals surface area contributed by atoms with Crippen molar-refractivity contribution in [2.24, 2.45) is 0 Å². The van der Waals surface area contributed by atoms with E-state index in [0.717, 1.165) is 12.3 Å². The number of alkyl halides is 3. The minimum absolute atomic E-state index is 0.277. The minimum atomic E-state index is -4.35. The molecule has 16 heavy (non-hydrogen) atoms. The Bertz CT molecular complexity index is 505. The lowest BCUT2D eigenvalue weighted by Gasteiger charge is -2.04. The molecule has 0 N–H and O–H groups in total. The van der Waals surface area contributed by atoms with Gasteiger partial charge in [-0.15, -0.1) is 0 Å². The Hall–Kier alpha value is -1.49. The predicted molar refractivity (Wildman–Crippen MR) is 53.6 cm³/mol. The van der Waals surface area contributed by atoms with Crippen molar-refractivity contribution in [2.45, 2.75) is 6.18 Å². The maximum Gasteiger partial charge on any atom is 0.417 e. The van der Waals surface area contributed by atoms with Crippen molar-refractivity contribution in [1.29, 1.82) is 0 Å². The van der Waals surface area contributed by atoms with Crippen LogP contribution in [0.2, 0.25) is 5.02 Å². The molecule has 0 spiro atoms. The molecule has 2 nitrogen and oxygen atoms in total. The van der Waals surface area contributed by atoms with Gasteiger partial charge in [-0.25, -0.2) is 4.98 Å². The van der Waals surface area contributed by atoms with Crippen molar-refractivity contribution in [3.63, 3.8) is 0 Å². The highest BCUT2D eigenvalue weighted by Crippen LogP contribution is 2.30. The normalized spacial score (nSPS) is 11.8. The molecule has 84 valence electrons. The van der Waals surface area contributed by atoms with Crippen LogP contribution in [-0.4, -0.2) is 9.55 Å². The molecule has 2 heterocycles. The number of rotatable bonds is 1. The van der Waals surface area contributed by atoms with Gasteiger partial charge < -0.3 is 4.57 Å². The fraction of sp³-hybridized carbons (Fsp3) is 0.100. The monoisotopic (exact) mass is 246 g/mol. The number of hydrogen-bond donors (Lipinski definition) is 0. The molecule has 0 radical (unpaired) electrons. The van der Waals surface area contributed by atoms with E-state index in [0.29, 0.717) is 5.02 Å². The number of hydrogen-bond acceptors (Lipinski definition) is 1. The summed E-state index contributed by atoms with van der Waals surface area (Å²) in [5.41, 5.74) is -0.728. The van der Waals surface area contributed by atoms with Gasteiger partial charge in [-0.3, -0.25) is 0 Å². The molecule has 0 aliphatic rings. The highest BCUT2D eigenvalue weighted by atomic mass is 35.5. The molecule has 0 unspecified atom stereocenters. The molecule has 0 amide bonds. The second-order valence-electron chi connectivity index (χ2n) is 3.11. The molecule has 0 saturated heterocycles. The van der Waals surface area contributed by atoms with Crippen LogP contribution >= 0.6 is 11.6 Å². The van der Waals surface area contributed by atoms with E-state index < -0.39 is 11.7 Å². The Morgan fingerprint density at radius 2 is 2.00 bits per heavy atom. The molecule has 0 atom stereocenters. The first-order chi connectivity index (χ1) is 7.48. The van der Waals surface area contributed by atoms with Crippen molar-refractivity contribution >= 4 is 11.6 Å². The highest BCUT2D eigenvalue weighted by molar-refractivity contribution is 6.32. The molecule has 2 aromatic heterocycles. The first-order valence-corrected chi connectivity index (χ1v) is 4.72. The summed E-state index contributed by atoms with van der Waals surface area (Å²) >= 11 is 5.82. The smallest absolute Gasteiger partial charge is 0.307 e. The van der Waals surface area contributed by atoms with Gasteiger partial charge in [0, 0.05) is 18.6 Å². The van der Waals surface area contributed by atoms with Gasteiger partial charge in [-0.1, -0.05) is 11.6 Å². The molecular weight excluding hydrogens is 241 g/mol. The van der Waals surface area contributed by atoms with Crippen molar-refractivity contribution in [3.05, 3.63) is 47.4 Å². The molecule has 0 aliphatic heterocycles. The lowest BCUT2D eigenvalue weighted by molar-refractivity contribution is -0.137. The van der Waals surface area contributed by atoms with E-state index in [1.54, 1.807) is 12.1 Å². The molecule has 0 saturated carbocycles. The van der Waals surface area contributed by atoms with Gasteiger partial charge in [0.05, 0.1) is 10.6 Å². The second kappa shape index (κ2) is 3.83. The summed E-state index contributed by atoms with van der Waals surface area (Å²) in [4.78, 5) is 3.91. The van der Waals surface area contributed by atoms with Crippen molar-refractivity contribution in [3.8, 4) is 5.82 Å². The molecule has 0 bridgehead atoms. The van der Waals surface area contributed by atoms with Gasteiger partial charge >= 0.3 is 6.18 Å². The summed E-state index contributed by atoms with van der Waals surface area (Å²) in [6, 6.07) is 4.15. The van der Waals surface area contributed by atoms with E-state index in [-0.39, 0.29) is 5.82 Å². The van der Waals surface area contributed by atoms with Crippen molar-refractivity contribution in [2.75, 3.05) is 0 Å². The van der Waals surface area contributed by atoms with E-state index in [4.69, 9.17) is 11.6 Å². The van der Waals surface area contributed by atoms with E-state index in [9.17, 15) is 13.2 Å². The summed E-state index contributed by atoms with van der Waals surface area (Å²) in [6.45, 7) is 0. The SMILES string of the molecule is FC(F)(F)c1ccn(-c2ncccc2Cl)c1. The van der Waals surface area contributed by atoms with Crippen LogP contribution in [0, 0.1) is 0 Å². The van der Waals surface area contributed by atoms with Crippen LogP contribution < -0.4 is 0 Å². The lowest BCUT2D eigenvalue weighted by atomic mass is 10.3. The largest absolute Gasteiger partial charge is 0.417 e. The zero-order valence-electron chi connectivity index (χ0n) is 7.87. The van der Waals surface area contributed by atoms with Gasteiger partial charge in [0.15, 0.2) is 5.82 Å². The predicted octanol–water partition coefficient (Wildman–Crippen LogP) is 3.54. The summed E-state index contributed by atoms with van der Waals surface area (Å²) in [7, 11) is 0.